The molecule has 19 heavy (non-hydrogen) atoms. The van der Waals surface area contributed by atoms with Crippen molar-refractivity contribution < 1.29 is 0 Å². The molecule has 0 bridgehead atoms. The number of aromatic nitrogens is 3. The van der Waals surface area contributed by atoms with Gasteiger partial charge in [0.05, 0.1) is 16.1 Å². The minimum Gasteiger partial charge on any atom is -0.375 e. The Bertz CT molecular complexity index is 731. The van der Waals surface area contributed by atoms with Gasteiger partial charge in [-0.2, -0.15) is 0 Å². The van der Waals surface area contributed by atoms with Gasteiger partial charge in [0.2, 0.25) is 0 Å². The maximum atomic E-state index is 6.30. The summed E-state index contributed by atoms with van der Waals surface area (Å²) in [6.07, 6.45) is 1.00. The van der Waals surface area contributed by atoms with Crippen LogP contribution in [0.3, 0.4) is 0 Å². The van der Waals surface area contributed by atoms with Gasteiger partial charge in [-0.15, -0.1) is 11.3 Å². The third-order valence-corrected chi connectivity index (χ3v) is 3.89. The molecule has 0 atom stereocenters. The standard InChI is InChI=1S/C13H13ClN4S/c1-2-6-18-11-8(14)4-3-5-9(11)16-12(18)10-7-19-13(15)17-10/h3-5,7H,2,6H2,1H3,(H2,15,17). The number of rotatable bonds is 3. The average molecular weight is 293 g/mol. The quantitative estimate of drug-likeness (QED) is 0.798. The zero-order valence-electron chi connectivity index (χ0n) is 10.4. The monoisotopic (exact) mass is 292 g/mol. The Morgan fingerprint density at radius 2 is 2.21 bits per heavy atom. The summed E-state index contributed by atoms with van der Waals surface area (Å²) in [5.74, 6) is 0.831. The molecule has 1 aromatic carbocycles. The van der Waals surface area contributed by atoms with Crippen LogP contribution in [0.15, 0.2) is 23.6 Å². The second-order valence-corrected chi connectivity index (χ2v) is 5.56. The van der Waals surface area contributed by atoms with E-state index in [0.717, 1.165) is 35.5 Å². The first kappa shape index (κ1) is 12.4. The van der Waals surface area contributed by atoms with Crippen LogP contribution in [0.1, 0.15) is 13.3 Å². The van der Waals surface area contributed by atoms with E-state index < -0.39 is 0 Å². The predicted molar refractivity (Wildman–Crippen MR) is 80.6 cm³/mol. The normalized spacial score (nSPS) is 11.3. The molecule has 0 saturated carbocycles. The van der Waals surface area contributed by atoms with Crippen molar-refractivity contribution in [1.82, 2.24) is 14.5 Å². The molecule has 0 aliphatic heterocycles. The van der Waals surface area contributed by atoms with Gasteiger partial charge in [-0.1, -0.05) is 24.6 Å². The lowest BCUT2D eigenvalue weighted by molar-refractivity contribution is 0.703. The number of imidazole rings is 1. The van der Waals surface area contributed by atoms with E-state index in [9.17, 15) is 0 Å². The van der Waals surface area contributed by atoms with Crippen molar-refractivity contribution in [3.8, 4) is 11.5 Å². The van der Waals surface area contributed by atoms with Gasteiger partial charge in [-0.05, 0) is 18.6 Å². The lowest BCUT2D eigenvalue weighted by Crippen LogP contribution is -2.00. The molecule has 3 aromatic rings. The molecule has 0 radical (unpaired) electrons. The number of hydrogen-bond acceptors (Lipinski definition) is 4. The Labute approximate surface area is 119 Å². The van der Waals surface area contributed by atoms with E-state index in [0.29, 0.717) is 10.2 Å². The Kier molecular flexibility index (Phi) is 3.16. The van der Waals surface area contributed by atoms with E-state index in [1.807, 2.05) is 23.6 Å². The van der Waals surface area contributed by atoms with Crippen molar-refractivity contribution in [3.05, 3.63) is 28.6 Å². The van der Waals surface area contributed by atoms with Gasteiger partial charge >= 0.3 is 0 Å². The first-order valence-corrected chi connectivity index (χ1v) is 7.32. The first-order valence-electron chi connectivity index (χ1n) is 6.07. The van der Waals surface area contributed by atoms with Crippen molar-refractivity contribution in [2.45, 2.75) is 19.9 Å². The summed E-state index contributed by atoms with van der Waals surface area (Å²) in [4.78, 5) is 8.96. The van der Waals surface area contributed by atoms with E-state index >= 15 is 0 Å². The summed E-state index contributed by atoms with van der Waals surface area (Å²) in [6, 6.07) is 5.76. The van der Waals surface area contributed by atoms with Gasteiger partial charge in [0.1, 0.15) is 5.69 Å². The molecule has 0 saturated heterocycles. The third-order valence-electron chi connectivity index (χ3n) is 2.92. The molecular weight excluding hydrogens is 280 g/mol. The van der Waals surface area contributed by atoms with Crippen LogP contribution >= 0.6 is 22.9 Å². The minimum atomic E-state index is 0.552. The van der Waals surface area contributed by atoms with Crippen LogP contribution < -0.4 is 5.73 Å². The molecule has 2 heterocycles. The maximum absolute atomic E-state index is 6.30. The van der Waals surface area contributed by atoms with Crippen LogP contribution in [0.25, 0.3) is 22.6 Å². The Hall–Kier alpha value is -1.59. The van der Waals surface area contributed by atoms with Gasteiger partial charge in [-0.25, -0.2) is 9.97 Å². The Morgan fingerprint density at radius 3 is 2.89 bits per heavy atom. The molecular formula is C13H13ClN4S. The lowest BCUT2D eigenvalue weighted by atomic mass is 10.3. The molecule has 6 heteroatoms. The third kappa shape index (κ3) is 2.09. The summed E-state index contributed by atoms with van der Waals surface area (Å²) < 4.78 is 2.12. The van der Waals surface area contributed by atoms with Crippen molar-refractivity contribution >= 4 is 39.1 Å². The topological polar surface area (TPSA) is 56.7 Å². The number of anilines is 1. The number of hydrogen-bond donors (Lipinski definition) is 1. The van der Waals surface area contributed by atoms with E-state index in [4.69, 9.17) is 17.3 Å². The molecule has 0 aliphatic rings. The largest absolute Gasteiger partial charge is 0.375 e. The smallest absolute Gasteiger partial charge is 0.180 e. The highest BCUT2D eigenvalue weighted by atomic mass is 35.5. The molecule has 2 aromatic heterocycles. The van der Waals surface area contributed by atoms with Crippen LogP contribution in [0.2, 0.25) is 5.02 Å². The fraction of sp³-hybridized carbons (Fsp3) is 0.231. The number of halogens is 1. The molecule has 0 aliphatic carbocycles. The molecule has 0 amide bonds. The van der Waals surface area contributed by atoms with E-state index in [1.165, 1.54) is 11.3 Å². The molecule has 0 fully saturated rings. The van der Waals surface area contributed by atoms with Gasteiger partial charge in [0.25, 0.3) is 0 Å². The van der Waals surface area contributed by atoms with Crippen LogP contribution in [-0.4, -0.2) is 14.5 Å². The lowest BCUT2D eigenvalue weighted by Gasteiger charge is -2.06. The molecule has 2 N–H and O–H groups in total. The summed E-state index contributed by atoms with van der Waals surface area (Å²) in [5.41, 5.74) is 8.37. The van der Waals surface area contributed by atoms with Gasteiger partial charge in [0.15, 0.2) is 11.0 Å². The zero-order valence-corrected chi connectivity index (χ0v) is 12.0. The first-order chi connectivity index (χ1) is 9.20. The SMILES string of the molecule is CCCn1c(-c2csc(N)n2)nc2cccc(Cl)c21. The van der Waals surface area contributed by atoms with Crippen LogP contribution in [0.5, 0.6) is 0 Å². The van der Waals surface area contributed by atoms with Gasteiger partial charge in [0, 0.05) is 11.9 Å². The number of nitrogens with two attached hydrogens (primary N) is 1. The zero-order chi connectivity index (χ0) is 13.4. The van der Waals surface area contributed by atoms with Crippen LogP contribution in [0, 0.1) is 0 Å². The highest BCUT2D eigenvalue weighted by Gasteiger charge is 2.16. The summed E-state index contributed by atoms with van der Waals surface area (Å²) in [6.45, 7) is 2.98. The van der Waals surface area contributed by atoms with E-state index in [1.54, 1.807) is 0 Å². The summed E-state index contributed by atoms with van der Waals surface area (Å²) in [5, 5.41) is 3.19. The van der Waals surface area contributed by atoms with Crippen molar-refractivity contribution in [2.24, 2.45) is 0 Å². The van der Waals surface area contributed by atoms with Crippen molar-refractivity contribution in [2.75, 3.05) is 5.73 Å². The Morgan fingerprint density at radius 1 is 1.37 bits per heavy atom. The van der Waals surface area contributed by atoms with E-state index in [2.05, 4.69) is 21.5 Å². The fourth-order valence-electron chi connectivity index (χ4n) is 2.17. The number of nitrogen functional groups attached to an aromatic ring is 1. The number of benzene rings is 1. The van der Waals surface area contributed by atoms with Crippen LogP contribution in [-0.2, 0) is 6.54 Å². The average Bonchev–Trinajstić information content (AvgIpc) is 2.95. The number of fused-ring (bicyclic) bond motifs is 1. The van der Waals surface area contributed by atoms with Crippen LogP contribution in [0.4, 0.5) is 5.13 Å². The highest BCUT2D eigenvalue weighted by molar-refractivity contribution is 7.13. The number of para-hydroxylation sites is 1. The maximum Gasteiger partial charge on any atom is 0.180 e. The molecule has 98 valence electrons. The van der Waals surface area contributed by atoms with E-state index in [-0.39, 0.29) is 0 Å². The summed E-state index contributed by atoms with van der Waals surface area (Å²) >= 11 is 7.72. The Balaban J connectivity index is 2.29. The number of nitrogens with zero attached hydrogens (tertiary/aromatic N) is 3. The van der Waals surface area contributed by atoms with Crippen molar-refractivity contribution in [3.63, 3.8) is 0 Å². The molecule has 3 rings (SSSR count). The highest BCUT2D eigenvalue weighted by Crippen LogP contribution is 2.30. The van der Waals surface area contributed by atoms with Gasteiger partial charge in [-0.3, -0.25) is 0 Å². The fourth-order valence-corrected chi connectivity index (χ4v) is 2.98. The second-order valence-electron chi connectivity index (χ2n) is 4.27. The predicted octanol–water partition coefficient (Wildman–Crippen LogP) is 3.81. The van der Waals surface area contributed by atoms with Crippen molar-refractivity contribution in [1.29, 1.82) is 0 Å². The summed E-state index contributed by atoms with van der Waals surface area (Å²) in [7, 11) is 0. The number of thiazole rings is 1. The number of aryl methyl sites for hydroxylation is 1. The molecule has 4 nitrogen and oxygen atoms in total. The second kappa shape index (κ2) is 4.83. The van der Waals surface area contributed by atoms with Gasteiger partial charge < -0.3 is 10.3 Å². The molecule has 0 spiro atoms. The minimum absolute atomic E-state index is 0.552. The molecule has 0 unspecified atom stereocenters.